The molecule has 16 heavy (non-hydrogen) atoms. The fraction of sp³-hybridized carbons (Fsp3) is 0.909. The van der Waals surface area contributed by atoms with Crippen LogP contribution in [0.2, 0.25) is 0 Å². The van der Waals surface area contributed by atoms with Crippen LogP contribution in [0.5, 0.6) is 0 Å². The minimum Gasteiger partial charge on any atom is -0.369 e. The second kappa shape index (κ2) is 6.18. The molecule has 0 saturated carbocycles. The summed E-state index contributed by atoms with van der Waals surface area (Å²) in [6.45, 7) is 6.75. The maximum atomic E-state index is 10.9. The van der Waals surface area contributed by atoms with Gasteiger partial charge in [0, 0.05) is 44.7 Å². The van der Waals surface area contributed by atoms with Crippen LogP contribution in [0.1, 0.15) is 6.92 Å². The summed E-state index contributed by atoms with van der Waals surface area (Å²) in [5, 5.41) is 3.32. The second-order valence-electron chi connectivity index (χ2n) is 4.86. The molecular weight excluding hydrogens is 204 g/mol. The van der Waals surface area contributed by atoms with E-state index in [0.29, 0.717) is 12.6 Å². The van der Waals surface area contributed by atoms with E-state index in [1.54, 1.807) is 0 Å². The molecular formula is C11H24N4O. The van der Waals surface area contributed by atoms with Crippen molar-refractivity contribution in [2.24, 2.45) is 11.7 Å². The van der Waals surface area contributed by atoms with E-state index in [-0.39, 0.29) is 11.8 Å². The van der Waals surface area contributed by atoms with Gasteiger partial charge in [0.25, 0.3) is 0 Å². The number of piperazine rings is 1. The summed E-state index contributed by atoms with van der Waals surface area (Å²) in [5.41, 5.74) is 5.21. The standard InChI is InChI=1S/C11H24N4O/c1-9(11(12)16)6-13-7-10-8-14(2)4-5-15(10)3/h9-10,13H,4-8H2,1-3H3,(H2,12,16). The molecule has 5 nitrogen and oxygen atoms in total. The number of nitrogens with zero attached hydrogens (tertiary/aromatic N) is 2. The summed E-state index contributed by atoms with van der Waals surface area (Å²) in [7, 11) is 4.29. The van der Waals surface area contributed by atoms with Crippen molar-refractivity contribution >= 4 is 5.91 Å². The molecule has 1 fully saturated rings. The van der Waals surface area contributed by atoms with E-state index in [4.69, 9.17) is 5.73 Å². The number of carbonyl (C=O) groups excluding carboxylic acids is 1. The molecule has 0 aromatic rings. The number of carbonyl (C=O) groups is 1. The fourth-order valence-corrected chi connectivity index (χ4v) is 1.89. The van der Waals surface area contributed by atoms with Gasteiger partial charge in [-0.2, -0.15) is 0 Å². The molecule has 1 aliphatic rings. The fourth-order valence-electron chi connectivity index (χ4n) is 1.89. The Balaban J connectivity index is 2.23. The van der Waals surface area contributed by atoms with Crippen LogP contribution in [0, 0.1) is 5.92 Å². The van der Waals surface area contributed by atoms with Crippen LogP contribution in [0.15, 0.2) is 0 Å². The van der Waals surface area contributed by atoms with Crippen molar-refractivity contribution in [1.29, 1.82) is 0 Å². The Kier molecular flexibility index (Phi) is 5.18. The van der Waals surface area contributed by atoms with Gasteiger partial charge in [-0.3, -0.25) is 9.69 Å². The van der Waals surface area contributed by atoms with E-state index in [1.165, 1.54) is 0 Å². The van der Waals surface area contributed by atoms with Gasteiger partial charge in [0.2, 0.25) is 5.91 Å². The molecule has 2 atom stereocenters. The number of hydrogen-bond acceptors (Lipinski definition) is 4. The molecule has 2 unspecified atom stereocenters. The maximum Gasteiger partial charge on any atom is 0.221 e. The van der Waals surface area contributed by atoms with Crippen LogP contribution in [0.25, 0.3) is 0 Å². The van der Waals surface area contributed by atoms with Crippen molar-refractivity contribution in [3.63, 3.8) is 0 Å². The summed E-state index contributed by atoms with van der Waals surface area (Å²) in [4.78, 5) is 15.6. The van der Waals surface area contributed by atoms with E-state index in [1.807, 2.05) is 6.92 Å². The van der Waals surface area contributed by atoms with Gasteiger partial charge in [0.1, 0.15) is 0 Å². The van der Waals surface area contributed by atoms with E-state index in [2.05, 4.69) is 29.2 Å². The first-order chi connectivity index (χ1) is 7.50. The van der Waals surface area contributed by atoms with Gasteiger partial charge in [-0.15, -0.1) is 0 Å². The third kappa shape index (κ3) is 4.08. The largest absolute Gasteiger partial charge is 0.369 e. The van der Waals surface area contributed by atoms with Gasteiger partial charge in [0.05, 0.1) is 0 Å². The van der Waals surface area contributed by atoms with Crippen LogP contribution in [-0.2, 0) is 4.79 Å². The first kappa shape index (κ1) is 13.4. The van der Waals surface area contributed by atoms with Crippen molar-refractivity contribution in [1.82, 2.24) is 15.1 Å². The summed E-state index contributed by atoms with van der Waals surface area (Å²) < 4.78 is 0. The van der Waals surface area contributed by atoms with Gasteiger partial charge in [0.15, 0.2) is 0 Å². The Labute approximate surface area is 98.0 Å². The molecule has 1 rings (SSSR count). The molecule has 0 spiro atoms. The lowest BCUT2D eigenvalue weighted by Crippen LogP contribution is -2.54. The van der Waals surface area contributed by atoms with Crippen LogP contribution < -0.4 is 11.1 Å². The van der Waals surface area contributed by atoms with Crippen LogP contribution >= 0.6 is 0 Å². The van der Waals surface area contributed by atoms with Gasteiger partial charge in [-0.1, -0.05) is 6.92 Å². The molecule has 0 aromatic heterocycles. The minimum atomic E-state index is -0.235. The highest BCUT2D eigenvalue weighted by Crippen LogP contribution is 2.04. The molecule has 0 aromatic carbocycles. The molecule has 94 valence electrons. The first-order valence-corrected chi connectivity index (χ1v) is 5.89. The van der Waals surface area contributed by atoms with Crippen LogP contribution in [-0.4, -0.2) is 68.6 Å². The van der Waals surface area contributed by atoms with Crippen molar-refractivity contribution in [2.45, 2.75) is 13.0 Å². The lowest BCUT2D eigenvalue weighted by molar-refractivity contribution is -0.121. The Morgan fingerprint density at radius 3 is 2.81 bits per heavy atom. The minimum absolute atomic E-state index is 0.0911. The van der Waals surface area contributed by atoms with Crippen molar-refractivity contribution in [3.05, 3.63) is 0 Å². The van der Waals surface area contributed by atoms with Crippen molar-refractivity contribution in [3.8, 4) is 0 Å². The number of rotatable bonds is 5. The predicted molar refractivity (Wildman–Crippen MR) is 65.1 cm³/mol. The van der Waals surface area contributed by atoms with Gasteiger partial charge in [-0.25, -0.2) is 0 Å². The first-order valence-electron chi connectivity index (χ1n) is 5.89. The summed E-state index contributed by atoms with van der Waals surface area (Å²) in [6, 6.07) is 0.527. The Morgan fingerprint density at radius 2 is 2.19 bits per heavy atom. The Morgan fingerprint density at radius 1 is 1.50 bits per heavy atom. The van der Waals surface area contributed by atoms with Crippen LogP contribution in [0.4, 0.5) is 0 Å². The summed E-state index contributed by atoms with van der Waals surface area (Å²) >= 11 is 0. The Hall–Kier alpha value is -0.650. The zero-order valence-electron chi connectivity index (χ0n) is 10.6. The summed E-state index contributed by atoms with van der Waals surface area (Å²) in [5.74, 6) is -0.326. The SMILES string of the molecule is CC(CNCC1CN(C)CCN1C)C(N)=O. The van der Waals surface area contributed by atoms with Crippen molar-refractivity contribution in [2.75, 3.05) is 46.8 Å². The highest BCUT2D eigenvalue weighted by atomic mass is 16.1. The van der Waals surface area contributed by atoms with Crippen molar-refractivity contribution < 1.29 is 4.79 Å². The highest BCUT2D eigenvalue weighted by molar-refractivity contribution is 5.76. The molecule has 1 amide bonds. The average Bonchev–Trinajstić information content (AvgIpc) is 2.22. The molecule has 1 saturated heterocycles. The number of nitrogens with two attached hydrogens (primary N) is 1. The molecule has 1 aliphatic heterocycles. The quantitative estimate of drug-likeness (QED) is 0.630. The number of primary amides is 1. The number of nitrogens with one attached hydrogen (secondary N) is 1. The molecule has 0 radical (unpaired) electrons. The second-order valence-corrected chi connectivity index (χ2v) is 4.86. The highest BCUT2D eigenvalue weighted by Gasteiger charge is 2.21. The number of likely N-dealkylation sites (N-methyl/N-ethyl adjacent to an activating group) is 2. The number of amides is 1. The third-order valence-electron chi connectivity index (χ3n) is 3.30. The molecule has 0 aliphatic carbocycles. The van der Waals surface area contributed by atoms with Crippen LogP contribution in [0.3, 0.4) is 0 Å². The number of hydrogen-bond donors (Lipinski definition) is 2. The van der Waals surface area contributed by atoms with E-state index in [0.717, 1.165) is 26.2 Å². The zero-order valence-corrected chi connectivity index (χ0v) is 10.6. The van der Waals surface area contributed by atoms with E-state index >= 15 is 0 Å². The van der Waals surface area contributed by atoms with Gasteiger partial charge < -0.3 is 16.0 Å². The molecule has 1 heterocycles. The smallest absolute Gasteiger partial charge is 0.221 e. The summed E-state index contributed by atoms with van der Waals surface area (Å²) in [6.07, 6.45) is 0. The monoisotopic (exact) mass is 228 g/mol. The molecule has 0 bridgehead atoms. The zero-order chi connectivity index (χ0) is 12.1. The van der Waals surface area contributed by atoms with Gasteiger partial charge >= 0.3 is 0 Å². The lowest BCUT2D eigenvalue weighted by atomic mass is 10.1. The topological polar surface area (TPSA) is 61.6 Å². The molecule has 3 N–H and O–H groups in total. The average molecular weight is 228 g/mol. The van der Waals surface area contributed by atoms with E-state index < -0.39 is 0 Å². The Bertz CT molecular complexity index is 234. The maximum absolute atomic E-state index is 10.9. The lowest BCUT2D eigenvalue weighted by Gasteiger charge is -2.37. The van der Waals surface area contributed by atoms with Gasteiger partial charge in [-0.05, 0) is 14.1 Å². The predicted octanol–water partition coefficient (Wildman–Crippen LogP) is -1.06. The molecule has 5 heteroatoms. The normalized spacial score (nSPS) is 25.6. The van der Waals surface area contributed by atoms with E-state index in [9.17, 15) is 4.79 Å². The third-order valence-corrected chi connectivity index (χ3v) is 3.30.